The van der Waals surface area contributed by atoms with Crippen LogP contribution in [0.25, 0.3) is 0 Å². The third-order valence-electron chi connectivity index (χ3n) is 2.07. The molecule has 6 heteroatoms. The lowest BCUT2D eigenvalue weighted by Crippen LogP contribution is -2.19. The van der Waals surface area contributed by atoms with Gasteiger partial charge in [-0.05, 0) is 24.3 Å². The number of hydrogen-bond donors (Lipinski definition) is 1. The van der Waals surface area contributed by atoms with Gasteiger partial charge in [-0.3, -0.25) is 0 Å². The van der Waals surface area contributed by atoms with Crippen LogP contribution in [0, 0.1) is 0 Å². The van der Waals surface area contributed by atoms with Crippen molar-refractivity contribution in [3.05, 3.63) is 60.2 Å². The van der Waals surface area contributed by atoms with Crippen molar-refractivity contribution in [1.29, 1.82) is 0 Å². The first-order valence-electron chi connectivity index (χ1n) is 4.82. The summed E-state index contributed by atoms with van der Waals surface area (Å²) in [5.74, 6) is 0. The Labute approximate surface area is 98.3 Å². The highest BCUT2D eigenvalue weighted by Crippen LogP contribution is 2.09. The van der Waals surface area contributed by atoms with Crippen molar-refractivity contribution in [2.45, 2.75) is 4.90 Å². The van der Waals surface area contributed by atoms with Gasteiger partial charge in [0.25, 0.3) is 10.0 Å². The molecule has 0 saturated heterocycles. The van der Waals surface area contributed by atoms with Crippen LogP contribution in [-0.2, 0) is 10.0 Å². The Bertz CT molecular complexity index is 675. The van der Waals surface area contributed by atoms with E-state index >= 15 is 0 Å². The number of nitrogens with zero attached hydrogens (tertiary/aromatic N) is 2. The maximum absolute atomic E-state index is 11.9. The highest BCUT2D eigenvalue weighted by atomic mass is 32.2. The fraction of sp³-hybridized carbons (Fsp3) is 0. The van der Waals surface area contributed by atoms with Crippen LogP contribution in [0.2, 0.25) is 0 Å². The monoisotopic (exact) mass is 250 g/mol. The van der Waals surface area contributed by atoms with E-state index in [1.54, 1.807) is 30.3 Å². The zero-order chi connectivity index (χ0) is 12.3. The Morgan fingerprint density at radius 3 is 2.29 bits per heavy atom. The molecule has 0 saturated carbocycles. The van der Waals surface area contributed by atoms with Gasteiger partial charge in [-0.1, -0.05) is 24.3 Å². The van der Waals surface area contributed by atoms with E-state index in [2.05, 4.69) is 4.40 Å². The molecule has 2 aromatic rings. The normalized spacial score (nSPS) is 12.6. The van der Waals surface area contributed by atoms with E-state index in [4.69, 9.17) is 0 Å². The number of pyridine rings is 1. The van der Waals surface area contributed by atoms with Crippen LogP contribution >= 0.6 is 0 Å². The minimum Gasteiger partial charge on any atom is -0.427 e. The summed E-state index contributed by atoms with van der Waals surface area (Å²) in [4.78, 5) is 0.0869. The minimum absolute atomic E-state index is 0.0450. The van der Waals surface area contributed by atoms with E-state index in [0.717, 1.165) is 0 Å². The highest BCUT2D eigenvalue weighted by Gasteiger charge is 2.11. The van der Waals surface area contributed by atoms with E-state index < -0.39 is 10.0 Å². The molecule has 0 aliphatic rings. The lowest BCUT2D eigenvalue weighted by molar-refractivity contribution is 0.172. The van der Waals surface area contributed by atoms with Crippen molar-refractivity contribution < 1.29 is 13.6 Å². The number of hydrogen-bond acceptors (Lipinski definition) is 3. The molecule has 88 valence electrons. The summed E-state index contributed by atoms with van der Waals surface area (Å²) in [6.45, 7) is 0. The van der Waals surface area contributed by atoms with Gasteiger partial charge in [0.15, 0.2) is 5.49 Å². The Balaban J connectivity index is 2.57. The predicted octanol–water partition coefficient (Wildman–Crippen LogP) is 1.02. The molecule has 0 radical (unpaired) electrons. The number of benzene rings is 1. The van der Waals surface area contributed by atoms with Gasteiger partial charge in [0.2, 0.25) is 0 Å². The van der Waals surface area contributed by atoms with Crippen LogP contribution in [0.1, 0.15) is 0 Å². The zero-order valence-corrected chi connectivity index (χ0v) is 9.58. The quantitative estimate of drug-likeness (QED) is 0.809. The van der Waals surface area contributed by atoms with Crippen LogP contribution in [0.15, 0.2) is 64.0 Å². The van der Waals surface area contributed by atoms with Gasteiger partial charge in [-0.25, -0.2) is 0 Å². The van der Waals surface area contributed by atoms with Gasteiger partial charge < -0.3 is 5.21 Å². The summed E-state index contributed by atoms with van der Waals surface area (Å²) < 4.78 is 27.9. The SMILES string of the molecule is O=S(=O)(/N=c1/ccccn1O)c1ccccc1. The van der Waals surface area contributed by atoms with Crippen molar-refractivity contribution in [3.63, 3.8) is 0 Å². The Morgan fingerprint density at radius 2 is 1.65 bits per heavy atom. The molecule has 2 rings (SSSR count). The lowest BCUT2D eigenvalue weighted by atomic mass is 10.4. The molecule has 0 aliphatic carbocycles. The number of sulfonamides is 1. The molecule has 0 aliphatic heterocycles. The zero-order valence-electron chi connectivity index (χ0n) is 8.76. The van der Waals surface area contributed by atoms with E-state index in [9.17, 15) is 13.6 Å². The van der Waals surface area contributed by atoms with Gasteiger partial charge in [0, 0.05) is 6.20 Å². The molecular weight excluding hydrogens is 240 g/mol. The summed E-state index contributed by atoms with van der Waals surface area (Å²) in [6.07, 6.45) is 1.30. The fourth-order valence-corrected chi connectivity index (χ4v) is 2.26. The highest BCUT2D eigenvalue weighted by molar-refractivity contribution is 7.90. The van der Waals surface area contributed by atoms with Gasteiger partial charge in [0.1, 0.15) is 0 Å². The topological polar surface area (TPSA) is 71.7 Å². The van der Waals surface area contributed by atoms with Gasteiger partial charge in [-0.2, -0.15) is 13.1 Å². The molecule has 0 amide bonds. The second-order valence-corrected chi connectivity index (χ2v) is 4.89. The fourth-order valence-electron chi connectivity index (χ4n) is 1.27. The van der Waals surface area contributed by atoms with Crippen LogP contribution in [0.4, 0.5) is 0 Å². The smallest absolute Gasteiger partial charge is 0.284 e. The Morgan fingerprint density at radius 1 is 1.00 bits per heavy atom. The molecule has 0 atom stereocenters. The predicted molar refractivity (Wildman–Crippen MR) is 60.8 cm³/mol. The van der Waals surface area contributed by atoms with E-state index in [1.807, 2.05) is 0 Å². The first-order valence-corrected chi connectivity index (χ1v) is 6.26. The van der Waals surface area contributed by atoms with E-state index in [-0.39, 0.29) is 10.4 Å². The average molecular weight is 250 g/mol. The maximum atomic E-state index is 11.9. The first kappa shape index (κ1) is 11.4. The largest absolute Gasteiger partial charge is 0.427 e. The van der Waals surface area contributed by atoms with Crippen molar-refractivity contribution in [1.82, 2.24) is 4.73 Å². The Kier molecular flexibility index (Phi) is 2.97. The van der Waals surface area contributed by atoms with Crippen molar-refractivity contribution >= 4 is 10.0 Å². The summed E-state index contributed by atoms with van der Waals surface area (Å²) in [5, 5.41) is 9.38. The second kappa shape index (κ2) is 4.42. The first-order chi connectivity index (χ1) is 8.09. The Hall–Kier alpha value is -2.08. The molecule has 0 bridgehead atoms. The van der Waals surface area contributed by atoms with Crippen molar-refractivity contribution in [3.8, 4) is 0 Å². The van der Waals surface area contributed by atoms with Crippen molar-refractivity contribution in [2.75, 3.05) is 0 Å². The molecule has 1 heterocycles. The minimum atomic E-state index is -3.79. The molecule has 5 nitrogen and oxygen atoms in total. The lowest BCUT2D eigenvalue weighted by Gasteiger charge is -1.99. The maximum Gasteiger partial charge on any atom is 0.284 e. The van der Waals surface area contributed by atoms with Crippen LogP contribution in [0.5, 0.6) is 0 Å². The third-order valence-corrected chi connectivity index (χ3v) is 3.37. The molecule has 0 unspecified atom stereocenters. The van der Waals surface area contributed by atoms with Gasteiger partial charge >= 0.3 is 0 Å². The second-order valence-electron chi connectivity index (χ2n) is 3.28. The van der Waals surface area contributed by atoms with Crippen LogP contribution in [-0.4, -0.2) is 18.4 Å². The summed E-state index contributed by atoms with van der Waals surface area (Å²) in [7, 11) is -3.79. The molecule has 0 spiro atoms. The van der Waals surface area contributed by atoms with Gasteiger partial charge in [0.05, 0.1) is 4.90 Å². The molecule has 1 aromatic carbocycles. The van der Waals surface area contributed by atoms with Crippen LogP contribution in [0.3, 0.4) is 0 Å². The summed E-state index contributed by atoms with van der Waals surface area (Å²) >= 11 is 0. The van der Waals surface area contributed by atoms with Gasteiger partial charge in [-0.15, -0.1) is 4.40 Å². The average Bonchev–Trinajstić information content (AvgIpc) is 2.33. The summed E-state index contributed by atoms with van der Waals surface area (Å²) in [6, 6.07) is 12.4. The molecular formula is C11H10N2O3S. The van der Waals surface area contributed by atoms with E-state index in [0.29, 0.717) is 4.73 Å². The molecule has 0 fully saturated rings. The van der Waals surface area contributed by atoms with E-state index in [1.165, 1.54) is 24.4 Å². The number of rotatable bonds is 2. The third kappa shape index (κ3) is 2.54. The molecule has 17 heavy (non-hydrogen) atoms. The van der Waals surface area contributed by atoms with Crippen molar-refractivity contribution in [2.24, 2.45) is 4.40 Å². The van der Waals surface area contributed by atoms with Crippen LogP contribution < -0.4 is 5.49 Å². The molecule has 1 N–H and O–H groups in total. The standard InChI is InChI=1S/C11H10N2O3S/c14-13-9-5-4-8-11(13)12-17(15,16)10-6-2-1-3-7-10/h1-9,14H/b12-11-. The summed E-state index contributed by atoms with van der Waals surface area (Å²) in [5.41, 5.74) is -0.0450. The number of aromatic nitrogens is 1. The molecule has 1 aromatic heterocycles.